The first-order valence-electron chi connectivity index (χ1n) is 4.46. The maximum absolute atomic E-state index is 5.53. The highest BCUT2D eigenvalue weighted by molar-refractivity contribution is 7.98. The lowest BCUT2D eigenvalue weighted by molar-refractivity contribution is 0.632. The third-order valence-electron chi connectivity index (χ3n) is 1.66. The summed E-state index contributed by atoms with van der Waals surface area (Å²) in [5, 5.41) is 2.72. The standard InChI is InChI=1S/C9H16N2S2/c1-7(2)3-4-12-5-8-6-13-9(10)11-8/h6-7H,3-5H2,1-2H3,(H2,10,11). The third-order valence-corrected chi connectivity index (χ3v) is 3.41. The average molecular weight is 216 g/mol. The molecule has 1 aromatic heterocycles. The number of anilines is 1. The summed E-state index contributed by atoms with van der Waals surface area (Å²) in [5.74, 6) is 3.02. The van der Waals surface area contributed by atoms with E-state index < -0.39 is 0 Å². The van der Waals surface area contributed by atoms with E-state index in [9.17, 15) is 0 Å². The molecule has 0 aliphatic heterocycles. The van der Waals surface area contributed by atoms with Crippen LogP contribution in [0.5, 0.6) is 0 Å². The van der Waals surface area contributed by atoms with E-state index in [1.54, 1.807) is 0 Å². The van der Waals surface area contributed by atoms with Crippen LogP contribution in [0, 0.1) is 5.92 Å². The zero-order valence-corrected chi connectivity index (χ0v) is 9.75. The fourth-order valence-corrected chi connectivity index (χ4v) is 2.69. The molecule has 74 valence electrons. The van der Waals surface area contributed by atoms with Gasteiger partial charge in [-0.3, -0.25) is 0 Å². The number of nitrogens with zero attached hydrogens (tertiary/aromatic N) is 1. The molecule has 0 unspecified atom stereocenters. The summed E-state index contributed by atoms with van der Waals surface area (Å²) < 4.78 is 0. The van der Waals surface area contributed by atoms with Crippen LogP contribution >= 0.6 is 23.1 Å². The van der Waals surface area contributed by atoms with Crippen molar-refractivity contribution in [3.8, 4) is 0 Å². The van der Waals surface area contributed by atoms with Gasteiger partial charge in [-0.25, -0.2) is 4.98 Å². The number of hydrogen-bond donors (Lipinski definition) is 1. The van der Waals surface area contributed by atoms with Crippen molar-refractivity contribution in [3.63, 3.8) is 0 Å². The van der Waals surface area contributed by atoms with Gasteiger partial charge in [-0.15, -0.1) is 11.3 Å². The van der Waals surface area contributed by atoms with Gasteiger partial charge in [0.2, 0.25) is 0 Å². The Morgan fingerprint density at radius 2 is 2.38 bits per heavy atom. The van der Waals surface area contributed by atoms with Crippen LogP contribution in [0.15, 0.2) is 5.38 Å². The van der Waals surface area contributed by atoms with Crippen molar-refractivity contribution in [2.45, 2.75) is 26.0 Å². The summed E-state index contributed by atoms with van der Waals surface area (Å²) in [6.45, 7) is 4.50. The van der Waals surface area contributed by atoms with E-state index in [1.807, 2.05) is 17.1 Å². The van der Waals surface area contributed by atoms with Crippen LogP contribution in [0.4, 0.5) is 5.13 Å². The monoisotopic (exact) mass is 216 g/mol. The first-order valence-corrected chi connectivity index (χ1v) is 6.49. The lowest BCUT2D eigenvalue weighted by Gasteiger charge is -2.02. The molecule has 0 saturated heterocycles. The Morgan fingerprint density at radius 1 is 1.62 bits per heavy atom. The van der Waals surface area contributed by atoms with Gasteiger partial charge in [0.25, 0.3) is 0 Å². The minimum Gasteiger partial charge on any atom is -0.375 e. The molecule has 1 aromatic rings. The normalized spacial score (nSPS) is 11.0. The Balaban J connectivity index is 2.13. The smallest absolute Gasteiger partial charge is 0.180 e. The Labute approximate surface area is 87.9 Å². The lowest BCUT2D eigenvalue weighted by Crippen LogP contribution is -1.91. The molecule has 0 aliphatic rings. The third kappa shape index (κ3) is 4.52. The van der Waals surface area contributed by atoms with Crippen LogP contribution in [0.1, 0.15) is 26.0 Å². The van der Waals surface area contributed by atoms with E-state index in [2.05, 4.69) is 18.8 Å². The van der Waals surface area contributed by atoms with Gasteiger partial charge in [-0.05, 0) is 18.1 Å². The van der Waals surface area contributed by atoms with Crippen molar-refractivity contribution in [2.75, 3.05) is 11.5 Å². The summed E-state index contributed by atoms with van der Waals surface area (Å²) in [7, 11) is 0. The average Bonchev–Trinajstić information content (AvgIpc) is 2.45. The van der Waals surface area contributed by atoms with E-state index in [0.717, 1.165) is 17.4 Å². The van der Waals surface area contributed by atoms with E-state index >= 15 is 0 Å². The van der Waals surface area contributed by atoms with E-state index in [0.29, 0.717) is 5.13 Å². The van der Waals surface area contributed by atoms with Crippen LogP contribution in [0.2, 0.25) is 0 Å². The molecular formula is C9H16N2S2. The number of hydrogen-bond acceptors (Lipinski definition) is 4. The zero-order valence-electron chi connectivity index (χ0n) is 8.12. The van der Waals surface area contributed by atoms with Gasteiger partial charge in [0.1, 0.15) is 0 Å². The molecule has 0 saturated carbocycles. The maximum atomic E-state index is 5.53. The SMILES string of the molecule is CC(C)CCSCc1csc(N)n1. The van der Waals surface area contributed by atoms with E-state index in [4.69, 9.17) is 5.73 Å². The molecule has 2 nitrogen and oxygen atoms in total. The lowest BCUT2D eigenvalue weighted by atomic mass is 10.2. The highest BCUT2D eigenvalue weighted by atomic mass is 32.2. The van der Waals surface area contributed by atoms with Crippen molar-refractivity contribution >= 4 is 28.2 Å². The van der Waals surface area contributed by atoms with Crippen molar-refractivity contribution in [2.24, 2.45) is 5.92 Å². The summed E-state index contributed by atoms with van der Waals surface area (Å²) >= 11 is 3.46. The Morgan fingerprint density at radius 3 is 2.92 bits per heavy atom. The summed E-state index contributed by atoms with van der Waals surface area (Å²) in [6, 6.07) is 0. The van der Waals surface area contributed by atoms with Crippen LogP contribution < -0.4 is 5.73 Å². The Hall–Kier alpha value is -0.220. The summed E-state index contributed by atoms with van der Waals surface area (Å²) in [5.41, 5.74) is 6.65. The highest BCUT2D eigenvalue weighted by Gasteiger charge is 1.99. The quantitative estimate of drug-likeness (QED) is 0.769. The number of thioether (sulfide) groups is 1. The molecule has 1 heterocycles. The van der Waals surface area contributed by atoms with E-state index in [1.165, 1.54) is 23.5 Å². The van der Waals surface area contributed by atoms with E-state index in [-0.39, 0.29) is 0 Å². The Kier molecular flexibility index (Phi) is 4.59. The molecule has 0 bridgehead atoms. The van der Waals surface area contributed by atoms with Gasteiger partial charge >= 0.3 is 0 Å². The fourth-order valence-electron chi connectivity index (χ4n) is 0.885. The number of rotatable bonds is 5. The maximum Gasteiger partial charge on any atom is 0.180 e. The van der Waals surface area contributed by atoms with Crippen molar-refractivity contribution in [3.05, 3.63) is 11.1 Å². The van der Waals surface area contributed by atoms with Crippen molar-refractivity contribution < 1.29 is 0 Å². The number of nitrogens with two attached hydrogens (primary N) is 1. The first-order chi connectivity index (χ1) is 6.18. The van der Waals surface area contributed by atoms with Crippen LogP contribution in [0.25, 0.3) is 0 Å². The summed E-state index contributed by atoms with van der Waals surface area (Å²) in [6.07, 6.45) is 1.28. The van der Waals surface area contributed by atoms with Gasteiger partial charge < -0.3 is 5.73 Å². The van der Waals surface area contributed by atoms with Crippen molar-refractivity contribution in [1.29, 1.82) is 0 Å². The molecule has 0 aromatic carbocycles. The predicted octanol–water partition coefficient (Wildman–Crippen LogP) is 3.00. The van der Waals surface area contributed by atoms with Crippen LogP contribution in [-0.2, 0) is 5.75 Å². The minimum absolute atomic E-state index is 0.680. The molecule has 0 atom stereocenters. The molecule has 13 heavy (non-hydrogen) atoms. The Bertz CT molecular complexity index is 246. The molecule has 0 fully saturated rings. The molecule has 0 spiro atoms. The molecule has 0 amide bonds. The van der Waals surface area contributed by atoms with Gasteiger partial charge in [-0.1, -0.05) is 13.8 Å². The second kappa shape index (κ2) is 5.50. The molecule has 0 aliphatic carbocycles. The van der Waals surface area contributed by atoms with Gasteiger partial charge in [0.05, 0.1) is 5.69 Å². The fraction of sp³-hybridized carbons (Fsp3) is 0.667. The minimum atomic E-state index is 0.680. The summed E-state index contributed by atoms with van der Waals surface area (Å²) in [4.78, 5) is 4.20. The molecule has 1 rings (SSSR count). The van der Waals surface area contributed by atoms with Crippen molar-refractivity contribution in [1.82, 2.24) is 4.98 Å². The van der Waals surface area contributed by atoms with Crippen LogP contribution in [-0.4, -0.2) is 10.7 Å². The first kappa shape index (κ1) is 10.9. The van der Waals surface area contributed by atoms with Gasteiger partial charge in [0, 0.05) is 11.1 Å². The molecule has 4 heteroatoms. The number of aromatic nitrogens is 1. The highest BCUT2D eigenvalue weighted by Crippen LogP contribution is 2.18. The number of nitrogen functional groups attached to an aromatic ring is 1. The number of thiazole rings is 1. The second-order valence-corrected chi connectivity index (χ2v) is 5.41. The van der Waals surface area contributed by atoms with Crippen LogP contribution in [0.3, 0.4) is 0 Å². The molecule has 0 radical (unpaired) electrons. The largest absolute Gasteiger partial charge is 0.375 e. The molecule has 2 N–H and O–H groups in total. The predicted molar refractivity (Wildman–Crippen MR) is 62.1 cm³/mol. The van der Waals surface area contributed by atoms with Gasteiger partial charge in [-0.2, -0.15) is 11.8 Å². The molecular weight excluding hydrogens is 200 g/mol. The topological polar surface area (TPSA) is 38.9 Å². The van der Waals surface area contributed by atoms with Gasteiger partial charge in [0.15, 0.2) is 5.13 Å². The zero-order chi connectivity index (χ0) is 9.68. The second-order valence-electron chi connectivity index (χ2n) is 3.41.